The quantitative estimate of drug-likeness (QED) is 0.643. The number of benzene rings is 2. The van der Waals surface area contributed by atoms with E-state index in [1.165, 1.54) is 0 Å². The lowest BCUT2D eigenvalue weighted by atomic mass is 10.1. The molecule has 0 atom stereocenters. The van der Waals surface area contributed by atoms with Gasteiger partial charge in [-0.15, -0.1) is 0 Å². The van der Waals surface area contributed by atoms with Crippen molar-refractivity contribution >= 4 is 22.5 Å². The van der Waals surface area contributed by atoms with E-state index in [0.717, 1.165) is 40.7 Å². The van der Waals surface area contributed by atoms with E-state index in [4.69, 9.17) is 4.74 Å². The van der Waals surface area contributed by atoms with Gasteiger partial charge in [-0.3, -0.25) is 9.78 Å². The van der Waals surface area contributed by atoms with Crippen LogP contribution in [0.4, 0.5) is 5.69 Å². The van der Waals surface area contributed by atoms with Crippen LogP contribution in [0.2, 0.25) is 0 Å². The first kappa shape index (κ1) is 17.0. The van der Waals surface area contributed by atoms with Crippen molar-refractivity contribution in [2.45, 2.75) is 26.2 Å². The minimum absolute atomic E-state index is 0.0454. The molecule has 0 radical (unpaired) electrons. The maximum Gasteiger partial charge on any atom is 0.228 e. The van der Waals surface area contributed by atoms with E-state index >= 15 is 0 Å². The van der Waals surface area contributed by atoms with Gasteiger partial charge in [0.05, 0.1) is 18.7 Å². The van der Waals surface area contributed by atoms with Gasteiger partial charge in [0.15, 0.2) is 0 Å². The molecule has 0 unspecified atom stereocenters. The summed E-state index contributed by atoms with van der Waals surface area (Å²) in [4.78, 5) is 16.8. The van der Waals surface area contributed by atoms with Crippen LogP contribution in [0.25, 0.3) is 10.9 Å². The lowest BCUT2D eigenvalue weighted by Crippen LogP contribution is -2.14. The lowest BCUT2D eigenvalue weighted by molar-refractivity contribution is -0.115. The number of nitrogens with one attached hydrogen (secondary N) is 1. The second-order valence-corrected chi connectivity index (χ2v) is 5.92. The topological polar surface area (TPSA) is 51.2 Å². The molecule has 4 nitrogen and oxygen atoms in total. The SMILES string of the molecule is CCCCOc1ccc(NC(=O)Cc2ccccc2)c2cccnc12. The Morgan fingerprint density at radius 3 is 2.72 bits per heavy atom. The van der Waals surface area contributed by atoms with Crippen LogP contribution in [-0.4, -0.2) is 17.5 Å². The maximum absolute atomic E-state index is 12.4. The lowest BCUT2D eigenvalue weighted by Gasteiger charge is -2.12. The van der Waals surface area contributed by atoms with Crippen molar-refractivity contribution in [1.82, 2.24) is 4.98 Å². The second-order valence-electron chi connectivity index (χ2n) is 5.92. The summed E-state index contributed by atoms with van der Waals surface area (Å²) in [6.07, 6.45) is 4.17. The Bertz CT molecular complexity index is 847. The van der Waals surface area contributed by atoms with Crippen LogP contribution >= 0.6 is 0 Å². The molecule has 0 saturated carbocycles. The van der Waals surface area contributed by atoms with Crippen LogP contribution in [-0.2, 0) is 11.2 Å². The van der Waals surface area contributed by atoms with Crippen molar-refractivity contribution in [3.8, 4) is 5.75 Å². The van der Waals surface area contributed by atoms with Gasteiger partial charge >= 0.3 is 0 Å². The third-order valence-corrected chi connectivity index (χ3v) is 3.97. The molecule has 2 aromatic carbocycles. The predicted octanol–water partition coefficient (Wildman–Crippen LogP) is 4.59. The molecule has 1 amide bonds. The van der Waals surface area contributed by atoms with E-state index < -0.39 is 0 Å². The highest BCUT2D eigenvalue weighted by atomic mass is 16.5. The molecule has 3 aromatic rings. The molecule has 1 aromatic heterocycles. The number of anilines is 1. The Morgan fingerprint density at radius 2 is 1.92 bits per heavy atom. The Morgan fingerprint density at radius 1 is 1.08 bits per heavy atom. The molecule has 0 aliphatic rings. The monoisotopic (exact) mass is 334 g/mol. The van der Waals surface area contributed by atoms with Gasteiger partial charge in [0.1, 0.15) is 11.3 Å². The van der Waals surface area contributed by atoms with Crippen LogP contribution < -0.4 is 10.1 Å². The summed E-state index contributed by atoms with van der Waals surface area (Å²) in [6.45, 7) is 2.80. The molecule has 128 valence electrons. The van der Waals surface area contributed by atoms with Crippen LogP contribution in [0.5, 0.6) is 5.75 Å². The molecule has 1 heterocycles. The van der Waals surface area contributed by atoms with Gasteiger partial charge in [-0.1, -0.05) is 43.7 Å². The number of aromatic nitrogens is 1. The molecule has 1 N–H and O–H groups in total. The summed E-state index contributed by atoms with van der Waals surface area (Å²) in [5.41, 5.74) is 2.52. The molecule has 0 saturated heterocycles. The third-order valence-electron chi connectivity index (χ3n) is 3.97. The number of amides is 1. The van der Waals surface area contributed by atoms with E-state index in [1.54, 1.807) is 6.20 Å². The average Bonchev–Trinajstić information content (AvgIpc) is 2.64. The maximum atomic E-state index is 12.4. The normalized spacial score (nSPS) is 10.6. The first-order valence-electron chi connectivity index (χ1n) is 8.62. The van der Waals surface area contributed by atoms with Crippen molar-refractivity contribution in [1.29, 1.82) is 0 Å². The number of hydrogen-bond donors (Lipinski definition) is 1. The fraction of sp³-hybridized carbons (Fsp3) is 0.238. The highest BCUT2D eigenvalue weighted by Crippen LogP contribution is 2.30. The molecule has 0 fully saturated rings. The highest BCUT2D eigenvalue weighted by Gasteiger charge is 2.11. The number of pyridine rings is 1. The van der Waals surface area contributed by atoms with Crippen molar-refractivity contribution in [2.24, 2.45) is 0 Å². The Balaban J connectivity index is 1.80. The smallest absolute Gasteiger partial charge is 0.228 e. The van der Waals surface area contributed by atoms with Crippen LogP contribution in [0.1, 0.15) is 25.3 Å². The first-order chi connectivity index (χ1) is 12.3. The van der Waals surface area contributed by atoms with Gasteiger partial charge in [0.2, 0.25) is 5.91 Å². The molecule has 0 aliphatic carbocycles. The van der Waals surface area contributed by atoms with Crippen molar-refractivity contribution in [3.63, 3.8) is 0 Å². The summed E-state index contributed by atoms with van der Waals surface area (Å²) in [5.74, 6) is 0.709. The van der Waals surface area contributed by atoms with E-state index in [9.17, 15) is 4.79 Å². The zero-order valence-corrected chi connectivity index (χ0v) is 14.4. The number of fused-ring (bicyclic) bond motifs is 1. The number of unbranched alkanes of at least 4 members (excludes halogenated alkanes) is 1. The van der Waals surface area contributed by atoms with E-state index in [-0.39, 0.29) is 5.91 Å². The molecule has 0 bridgehead atoms. The van der Waals surface area contributed by atoms with Gasteiger partial charge in [-0.25, -0.2) is 0 Å². The van der Waals surface area contributed by atoms with Crippen LogP contribution in [0, 0.1) is 0 Å². The number of carbonyl (C=O) groups excluding carboxylic acids is 1. The second kappa shape index (κ2) is 8.29. The van der Waals surface area contributed by atoms with E-state index in [0.29, 0.717) is 13.0 Å². The van der Waals surface area contributed by atoms with Crippen LogP contribution in [0.3, 0.4) is 0 Å². The van der Waals surface area contributed by atoms with E-state index in [1.807, 2.05) is 54.6 Å². The van der Waals surface area contributed by atoms with Crippen LogP contribution in [0.15, 0.2) is 60.8 Å². The summed E-state index contributed by atoms with van der Waals surface area (Å²) in [6, 6.07) is 17.3. The fourth-order valence-electron chi connectivity index (χ4n) is 2.67. The largest absolute Gasteiger partial charge is 0.491 e. The Labute approximate surface area is 147 Å². The van der Waals surface area contributed by atoms with Crippen molar-refractivity contribution < 1.29 is 9.53 Å². The Hall–Kier alpha value is -2.88. The number of rotatable bonds is 7. The zero-order valence-electron chi connectivity index (χ0n) is 14.4. The first-order valence-corrected chi connectivity index (χ1v) is 8.62. The Kier molecular flexibility index (Phi) is 5.62. The number of carbonyl (C=O) groups is 1. The summed E-state index contributed by atoms with van der Waals surface area (Å²) < 4.78 is 5.84. The molecular formula is C21H22N2O2. The zero-order chi connectivity index (χ0) is 17.5. The predicted molar refractivity (Wildman–Crippen MR) is 101 cm³/mol. The standard InChI is InChI=1S/C21H22N2O2/c1-2-3-14-25-19-12-11-18(17-10-7-13-22-21(17)19)23-20(24)15-16-8-5-4-6-9-16/h4-13H,2-3,14-15H2,1H3,(H,23,24). The fourth-order valence-corrected chi connectivity index (χ4v) is 2.67. The van der Waals surface area contributed by atoms with E-state index in [2.05, 4.69) is 17.2 Å². The summed E-state index contributed by atoms with van der Waals surface area (Å²) in [7, 11) is 0. The highest BCUT2D eigenvalue weighted by molar-refractivity contribution is 6.03. The van der Waals surface area contributed by atoms with Gasteiger partial charge in [-0.2, -0.15) is 0 Å². The molecule has 3 rings (SSSR count). The van der Waals surface area contributed by atoms with Gasteiger partial charge < -0.3 is 10.1 Å². The molecule has 0 spiro atoms. The molecule has 4 heteroatoms. The van der Waals surface area contributed by atoms with Gasteiger partial charge in [0, 0.05) is 11.6 Å². The minimum Gasteiger partial charge on any atom is -0.491 e. The van der Waals surface area contributed by atoms with Gasteiger partial charge in [0.25, 0.3) is 0 Å². The molecule has 25 heavy (non-hydrogen) atoms. The van der Waals surface area contributed by atoms with Crippen molar-refractivity contribution in [2.75, 3.05) is 11.9 Å². The number of nitrogens with zero attached hydrogens (tertiary/aromatic N) is 1. The molecule has 0 aliphatic heterocycles. The number of hydrogen-bond acceptors (Lipinski definition) is 3. The third kappa shape index (κ3) is 4.35. The summed E-state index contributed by atoms with van der Waals surface area (Å²) in [5, 5.41) is 3.88. The molecular weight excluding hydrogens is 312 g/mol. The minimum atomic E-state index is -0.0454. The summed E-state index contributed by atoms with van der Waals surface area (Å²) >= 11 is 0. The van der Waals surface area contributed by atoms with Gasteiger partial charge in [-0.05, 0) is 36.2 Å². The van der Waals surface area contributed by atoms with Crippen molar-refractivity contribution in [3.05, 3.63) is 66.4 Å². The number of ether oxygens (including phenoxy) is 1. The average molecular weight is 334 g/mol.